The molecule has 1 saturated carbocycles. The highest BCUT2D eigenvalue weighted by molar-refractivity contribution is 9.10. The molecule has 1 aromatic carbocycles. The van der Waals surface area contributed by atoms with Gasteiger partial charge >= 0.3 is 0 Å². The maximum absolute atomic E-state index is 6.06. The van der Waals surface area contributed by atoms with E-state index < -0.39 is 0 Å². The van der Waals surface area contributed by atoms with E-state index in [0.717, 1.165) is 23.5 Å². The summed E-state index contributed by atoms with van der Waals surface area (Å²) < 4.78 is 7.18. The average molecular weight is 312 g/mol. The van der Waals surface area contributed by atoms with E-state index in [1.807, 2.05) is 0 Å². The SMILES string of the molecule is CC(C)NCC(OCC1CC1)c1ccc(Br)cc1. The van der Waals surface area contributed by atoms with Gasteiger partial charge in [0.25, 0.3) is 0 Å². The Labute approximate surface area is 118 Å². The van der Waals surface area contributed by atoms with Gasteiger partial charge in [-0.1, -0.05) is 41.9 Å². The molecule has 1 aliphatic rings. The molecule has 18 heavy (non-hydrogen) atoms. The molecule has 1 fully saturated rings. The summed E-state index contributed by atoms with van der Waals surface area (Å²) in [5.74, 6) is 0.807. The Hall–Kier alpha value is -0.380. The molecule has 1 N–H and O–H groups in total. The van der Waals surface area contributed by atoms with Crippen molar-refractivity contribution in [3.05, 3.63) is 34.3 Å². The fraction of sp³-hybridized carbons (Fsp3) is 0.600. The van der Waals surface area contributed by atoms with E-state index in [9.17, 15) is 0 Å². The minimum Gasteiger partial charge on any atom is -0.372 e. The van der Waals surface area contributed by atoms with Crippen LogP contribution < -0.4 is 5.32 Å². The van der Waals surface area contributed by atoms with Gasteiger partial charge in [-0.3, -0.25) is 0 Å². The molecule has 0 aliphatic heterocycles. The van der Waals surface area contributed by atoms with Gasteiger partial charge < -0.3 is 10.1 Å². The van der Waals surface area contributed by atoms with Crippen LogP contribution in [-0.2, 0) is 4.74 Å². The number of benzene rings is 1. The van der Waals surface area contributed by atoms with Gasteiger partial charge in [0.2, 0.25) is 0 Å². The summed E-state index contributed by atoms with van der Waals surface area (Å²) in [7, 11) is 0. The number of halogens is 1. The monoisotopic (exact) mass is 311 g/mol. The highest BCUT2D eigenvalue weighted by Crippen LogP contribution is 2.31. The molecule has 2 nitrogen and oxygen atoms in total. The number of hydrogen-bond donors (Lipinski definition) is 1. The van der Waals surface area contributed by atoms with E-state index in [0.29, 0.717) is 6.04 Å². The number of ether oxygens (including phenoxy) is 1. The summed E-state index contributed by atoms with van der Waals surface area (Å²) in [6.45, 7) is 6.12. The van der Waals surface area contributed by atoms with Crippen molar-refractivity contribution >= 4 is 15.9 Å². The predicted molar refractivity (Wildman–Crippen MR) is 78.7 cm³/mol. The Morgan fingerprint density at radius 2 is 1.94 bits per heavy atom. The van der Waals surface area contributed by atoms with Crippen LogP contribution in [0.5, 0.6) is 0 Å². The molecular formula is C15H22BrNO. The van der Waals surface area contributed by atoms with Crippen LogP contribution in [-0.4, -0.2) is 19.2 Å². The predicted octanol–water partition coefficient (Wildman–Crippen LogP) is 3.91. The van der Waals surface area contributed by atoms with E-state index in [1.165, 1.54) is 18.4 Å². The van der Waals surface area contributed by atoms with Gasteiger partial charge in [-0.05, 0) is 36.5 Å². The van der Waals surface area contributed by atoms with E-state index in [4.69, 9.17) is 4.74 Å². The van der Waals surface area contributed by atoms with Crippen LogP contribution in [0.1, 0.15) is 38.4 Å². The third-order valence-corrected chi connectivity index (χ3v) is 3.71. The lowest BCUT2D eigenvalue weighted by Crippen LogP contribution is -2.29. The van der Waals surface area contributed by atoms with Gasteiger partial charge in [-0.25, -0.2) is 0 Å². The van der Waals surface area contributed by atoms with Crippen LogP contribution in [0.15, 0.2) is 28.7 Å². The molecule has 0 spiro atoms. The molecule has 0 heterocycles. The molecule has 0 saturated heterocycles. The number of hydrogen-bond acceptors (Lipinski definition) is 2. The van der Waals surface area contributed by atoms with Crippen molar-refractivity contribution in [3.63, 3.8) is 0 Å². The van der Waals surface area contributed by atoms with E-state index >= 15 is 0 Å². The van der Waals surface area contributed by atoms with Gasteiger partial charge in [-0.15, -0.1) is 0 Å². The van der Waals surface area contributed by atoms with Gasteiger partial charge in [-0.2, -0.15) is 0 Å². The summed E-state index contributed by atoms with van der Waals surface area (Å²) in [5.41, 5.74) is 1.26. The first-order valence-electron chi connectivity index (χ1n) is 6.75. The van der Waals surface area contributed by atoms with Gasteiger partial charge in [0.1, 0.15) is 0 Å². The Balaban J connectivity index is 1.94. The zero-order valence-electron chi connectivity index (χ0n) is 11.2. The number of rotatable bonds is 7. The second-order valence-electron chi connectivity index (χ2n) is 5.38. The molecule has 0 radical (unpaired) electrons. The lowest BCUT2D eigenvalue weighted by Gasteiger charge is -2.20. The van der Waals surface area contributed by atoms with E-state index in [1.54, 1.807) is 0 Å². The summed E-state index contributed by atoms with van der Waals surface area (Å²) in [5, 5.41) is 3.47. The normalized spacial score (nSPS) is 17.1. The Morgan fingerprint density at radius 1 is 1.28 bits per heavy atom. The molecule has 0 bridgehead atoms. The molecule has 1 aromatic rings. The molecule has 0 aromatic heterocycles. The molecule has 3 heteroatoms. The standard InChI is InChI=1S/C15H22BrNO/c1-11(2)17-9-15(18-10-12-3-4-12)13-5-7-14(16)8-6-13/h5-8,11-12,15,17H,3-4,9-10H2,1-2H3. The quantitative estimate of drug-likeness (QED) is 0.824. The lowest BCUT2D eigenvalue weighted by molar-refractivity contribution is 0.0440. The van der Waals surface area contributed by atoms with Crippen molar-refractivity contribution in [2.24, 2.45) is 5.92 Å². The smallest absolute Gasteiger partial charge is 0.0949 e. The van der Waals surface area contributed by atoms with Crippen LogP contribution in [0.2, 0.25) is 0 Å². The van der Waals surface area contributed by atoms with Crippen LogP contribution >= 0.6 is 15.9 Å². The zero-order chi connectivity index (χ0) is 13.0. The zero-order valence-corrected chi connectivity index (χ0v) is 12.7. The molecule has 0 amide bonds. The molecule has 100 valence electrons. The van der Waals surface area contributed by atoms with Crippen molar-refractivity contribution in [2.75, 3.05) is 13.2 Å². The topological polar surface area (TPSA) is 21.3 Å². The summed E-state index contributed by atoms with van der Waals surface area (Å²) in [6, 6.07) is 8.94. The Morgan fingerprint density at radius 3 is 2.50 bits per heavy atom. The van der Waals surface area contributed by atoms with Gasteiger partial charge in [0.05, 0.1) is 12.7 Å². The second-order valence-corrected chi connectivity index (χ2v) is 6.30. The first kappa shape index (κ1) is 14.0. The first-order valence-corrected chi connectivity index (χ1v) is 7.55. The van der Waals surface area contributed by atoms with Gasteiger partial charge in [0, 0.05) is 17.1 Å². The molecule has 1 unspecified atom stereocenters. The minimum atomic E-state index is 0.168. The highest BCUT2D eigenvalue weighted by atomic mass is 79.9. The third kappa shape index (κ3) is 4.71. The fourth-order valence-corrected chi connectivity index (χ4v) is 2.09. The number of nitrogens with one attached hydrogen (secondary N) is 1. The maximum atomic E-state index is 6.06. The molecule has 1 atom stereocenters. The van der Waals surface area contributed by atoms with E-state index in [-0.39, 0.29) is 6.10 Å². The third-order valence-electron chi connectivity index (χ3n) is 3.18. The molecule has 1 aliphatic carbocycles. The van der Waals surface area contributed by atoms with Crippen molar-refractivity contribution in [2.45, 2.75) is 38.8 Å². The Bertz CT molecular complexity index is 353. The lowest BCUT2D eigenvalue weighted by atomic mass is 10.1. The van der Waals surface area contributed by atoms with Crippen molar-refractivity contribution in [1.29, 1.82) is 0 Å². The van der Waals surface area contributed by atoms with Crippen LogP contribution in [0.3, 0.4) is 0 Å². The largest absolute Gasteiger partial charge is 0.372 e. The first-order chi connectivity index (χ1) is 8.65. The highest BCUT2D eigenvalue weighted by Gasteiger charge is 2.23. The Kier molecular flexibility index (Phi) is 5.22. The molecular weight excluding hydrogens is 290 g/mol. The summed E-state index contributed by atoms with van der Waals surface area (Å²) in [4.78, 5) is 0. The van der Waals surface area contributed by atoms with Gasteiger partial charge in [0.15, 0.2) is 0 Å². The minimum absolute atomic E-state index is 0.168. The van der Waals surface area contributed by atoms with E-state index in [2.05, 4.69) is 59.4 Å². The second kappa shape index (κ2) is 6.69. The molecule has 2 rings (SSSR count). The van der Waals surface area contributed by atoms with Crippen LogP contribution in [0.25, 0.3) is 0 Å². The van der Waals surface area contributed by atoms with Crippen molar-refractivity contribution in [1.82, 2.24) is 5.32 Å². The van der Waals surface area contributed by atoms with Crippen LogP contribution in [0, 0.1) is 5.92 Å². The maximum Gasteiger partial charge on any atom is 0.0949 e. The average Bonchev–Trinajstić information content (AvgIpc) is 3.14. The summed E-state index contributed by atoms with van der Waals surface area (Å²) >= 11 is 3.47. The summed E-state index contributed by atoms with van der Waals surface area (Å²) in [6.07, 6.45) is 2.84. The van der Waals surface area contributed by atoms with Crippen molar-refractivity contribution in [3.8, 4) is 0 Å². The van der Waals surface area contributed by atoms with Crippen LogP contribution in [0.4, 0.5) is 0 Å². The van der Waals surface area contributed by atoms with Crippen molar-refractivity contribution < 1.29 is 4.74 Å². The fourth-order valence-electron chi connectivity index (χ4n) is 1.83.